The van der Waals surface area contributed by atoms with Gasteiger partial charge in [-0.15, -0.1) is 0 Å². The number of fused-ring (bicyclic) bond motifs is 1. The number of nitrogens with zero attached hydrogens (tertiary/aromatic N) is 1. The normalized spacial score (nSPS) is 15.4. The van der Waals surface area contributed by atoms with Crippen molar-refractivity contribution in [2.75, 3.05) is 7.11 Å². The first-order valence-corrected chi connectivity index (χ1v) is 9.07. The molecule has 0 aliphatic heterocycles. The summed E-state index contributed by atoms with van der Waals surface area (Å²) in [6.45, 7) is 9.93. The van der Waals surface area contributed by atoms with Crippen LogP contribution >= 0.6 is 0 Å². The number of ketones is 1. The number of hydrogen-bond acceptors (Lipinski definition) is 5. The molecule has 2 aromatic rings. The van der Waals surface area contributed by atoms with Crippen molar-refractivity contribution < 1.29 is 18.7 Å². The largest absolute Gasteiger partial charge is 0.496 e. The predicted octanol–water partition coefficient (Wildman–Crippen LogP) is 3.69. The number of ether oxygens (including phenoxy) is 1. The molecule has 6 nitrogen and oxygen atoms in total. The lowest BCUT2D eigenvalue weighted by molar-refractivity contribution is 0.0888. The van der Waals surface area contributed by atoms with Gasteiger partial charge in [-0.2, -0.15) is 0 Å². The molecule has 27 heavy (non-hydrogen) atoms. The second-order valence-electron chi connectivity index (χ2n) is 8.02. The van der Waals surface area contributed by atoms with Crippen molar-refractivity contribution in [2.24, 2.45) is 5.41 Å². The minimum Gasteiger partial charge on any atom is -0.496 e. The minimum atomic E-state index is -0.340. The smallest absolute Gasteiger partial charge is 0.287 e. The number of pyridine rings is 1. The molecular formula is C21H26N2O4. The highest BCUT2D eigenvalue weighted by molar-refractivity contribution is 6.03. The minimum absolute atomic E-state index is 0.0438. The zero-order chi connectivity index (χ0) is 19.9. The first kappa shape index (κ1) is 19.1. The Morgan fingerprint density at radius 3 is 2.63 bits per heavy atom. The number of furan rings is 1. The lowest BCUT2D eigenvalue weighted by Gasteiger charge is -2.27. The average Bonchev–Trinajstić information content (AvgIpc) is 2.89. The van der Waals surface area contributed by atoms with Gasteiger partial charge in [-0.1, -0.05) is 13.8 Å². The number of methoxy groups -OCH3 is 1. The Morgan fingerprint density at radius 2 is 1.96 bits per heavy atom. The molecule has 0 radical (unpaired) electrons. The zero-order valence-corrected chi connectivity index (χ0v) is 16.8. The first-order valence-electron chi connectivity index (χ1n) is 9.07. The van der Waals surface area contributed by atoms with Crippen LogP contribution in [0.15, 0.2) is 10.6 Å². The summed E-state index contributed by atoms with van der Waals surface area (Å²) in [5.41, 5.74) is 3.62. The van der Waals surface area contributed by atoms with Gasteiger partial charge in [0.05, 0.1) is 24.9 Å². The number of aromatic nitrogens is 1. The summed E-state index contributed by atoms with van der Waals surface area (Å²) in [6, 6.07) is 0. The van der Waals surface area contributed by atoms with Crippen molar-refractivity contribution in [3.05, 3.63) is 45.7 Å². The SMILES string of the molecule is COc1c(C)cnc(CNC(=O)c2oc3c(c2C)C(=O)CC(C)(C)C3)c1C. The van der Waals surface area contributed by atoms with E-state index in [1.807, 2.05) is 27.7 Å². The number of aryl methyl sites for hydroxylation is 1. The molecule has 0 fully saturated rings. The Balaban J connectivity index is 1.82. The van der Waals surface area contributed by atoms with Crippen LogP contribution in [0.3, 0.4) is 0 Å². The van der Waals surface area contributed by atoms with E-state index in [1.165, 1.54) is 0 Å². The van der Waals surface area contributed by atoms with Crippen LogP contribution in [0.25, 0.3) is 0 Å². The van der Waals surface area contributed by atoms with Crippen LogP contribution in [0, 0.1) is 26.2 Å². The Kier molecular flexibility index (Phi) is 4.84. The van der Waals surface area contributed by atoms with E-state index in [0.29, 0.717) is 29.7 Å². The maximum atomic E-state index is 12.7. The molecule has 2 aromatic heterocycles. The second-order valence-corrected chi connectivity index (χ2v) is 8.02. The molecule has 0 saturated heterocycles. The van der Waals surface area contributed by atoms with Gasteiger partial charge in [0.2, 0.25) is 0 Å². The number of nitrogens with one attached hydrogen (secondary N) is 1. The van der Waals surface area contributed by atoms with Crippen molar-refractivity contribution >= 4 is 11.7 Å². The molecule has 0 aromatic carbocycles. The van der Waals surface area contributed by atoms with E-state index < -0.39 is 0 Å². The van der Waals surface area contributed by atoms with Gasteiger partial charge in [-0.3, -0.25) is 14.6 Å². The van der Waals surface area contributed by atoms with Gasteiger partial charge in [0, 0.05) is 35.7 Å². The molecular weight excluding hydrogens is 344 g/mol. The highest BCUT2D eigenvalue weighted by Crippen LogP contribution is 2.38. The quantitative estimate of drug-likeness (QED) is 0.887. The number of amides is 1. The van der Waals surface area contributed by atoms with E-state index >= 15 is 0 Å². The molecule has 0 saturated carbocycles. The van der Waals surface area contributed by atoms with Crippen molar-refractivity contribution in [3.8, 4) is 5.75 Å². The molecule has 1 aliphatic carbocycles. The summed E-state index contributed by atoms with van der Waals surface area (Å²) < 4.78 is 11.2. The van der Waals surface area contributed by atoms with E-state index in [0.717, 1.165) is 22.6 Å². The highest BCUT2D eigenvalue weighted by atomic mass is 16.5. The van der Waals surface area contributed by atoms with Crippen LogP contribution in [0.1, 0.15) is 69.3 Å². The Morgan fingerprint density at radius 1 is 1.26 bits per heavy atom. The van der Waals surface area contributed by atoms with E-state index in [2.05, 4.69) is 10.3 Å². The monoisotopic (exact) mass is 370 g/mol. The van der Waals surface area contributed by atoms with E-state index in [-0.39, 0.29) is 29.4 Å². The lowest BCUT2D eigenvalue weighted by atomic mass is 9.76. The van der Waals surface area contributed by atoms with Crippen LogP contribution in [0.4, 0.5) is 0 Å². The third kappa shape index (κ3) is 3.48. The Hall–Kier alpha value is -2.63. The van der Waals surface area contributed by atoms with Gasteiger partial charge in [0.1, 0.15) is 11.5 Å². The van der Waals surface area contributed by atoms with Gasteiger partial charge < -0.3 is 14.5 Å². The highest BCUT2D eigenvalue weighted by Gasteiger charge is 2.37. The molecule has 1 N–H and O–H groups in total. The van der Waals surface area contributed by atoms with Gasteiger partial charge >= 0.3 is 0 Å². The molecule has 3 rings (SSSR count). The maximum Gasteiger partial charge on any atom is 0.287 e. The summed E-state index contributed by atoms with van der Waals surface area (Å²) >= 11 is 0. The summed E-state index contributed by atoms with van der Waals surface area (Å²) in [6.07, 6.45) is 2.84. The molecule has 144 valence electrons. The average molecular weight is 370 g/mol. The van der Waals surface area contributed by atoms with Crippen LogP contribution < -0.4 is 10.1 Å². The van der Waals surface area contributed by atoms with Crippen molar-refractivity contribution in [1.82, 2.24) is 10.3 Å². The number of carbonyl (C=O) groups is 2. The zero-order valence-electron chi connectivity index (χ0n) is 16.8. The summed E-state index contributed by atoms with van der Waals surface area (Å²) in [7, 11) is 1.62. The number of Topliss-reactive ketones (excluding diaryl/α,β-unsaturated/α-hetero) is 1. The van der Waals surface area contributed by atoms with Crippen LogP contribution in [0.5, 0.6) is 5.75 Å². The standard InChI is InChI=1S/C21H26N2O4/c1-11-9-22-14(12(2)18(11)26-6)10-23-20(25)19-13(3)17-15(24)7-21(4,5)8-16(17)27-19/h9H,7-8,10H2,1-6H3,(H,23,25). The van der Waals surface area contributed by atoms with Gasteiger partial charge in [-0.25, -0.2) is 0 Å². The number of rotatable bonds is 4. The molecule has 0 unspecified atom stereocenters. The van der Waals surface area contributed by atoms with Gasteiger partial charge in [0.15, 0.2) is 11.5 Å². The van der Waals surface area contributed by atoms with Crippen LogP contribution in [-0.4, -0.2) is 23.8 Å². The van der Waals surface area contributed by atoms with E-state index in [9.17, 15) is 9.59 Å². The molecule has 0 bridgehead atoms. The fraction of sp³-hybridized carbons (Fsp3) is 0.476. The summed E-state index contributed by atoms with van der Waals surface area (Å²) in [4.78, 5) is 29.5. The fourth-order valence-electron chi connectivity index (χ4n) is 3.79. The van der Waals surface area contributed by atoms with Crippen molar-refractivity contribution in [1.29, 1.82) is 0 Å². The lowest BCUT2D eigenvalue weighted by Crippen LogP contribution is -2.26. The van der Waals surface area contributed by atoms with Crippen LogP contribution in [-0.2, 0) is 13.0 Å². The maximum absolute atomic E-state index is 12.7. The summed E-state index contributed by atoms with van der Waals surface area (Å²) in [5.74, 6) is 1.30. The van der Waals surface area contributed by atoms with Crippen LogP contribution in [0.2, 0.25) is 0 Å². The van der Waals surface area contributed by atoms with Crippen molar-refractivity contribution in [2.45, 2.75) is 54.0 Å². The first-order chi connectivity index (χ1) is 12.6. The topological polar surface area (TPSA) is 81.4 Å². The van der Waals surface area contributed by atoms with Crippen molar-refractivity contribution in [3.63, 3.8) is 0 Å². The molecule has 2 heterocycles. The number of hydrogen-bond donors (Lipinski definition) is 1. The van der Waals surface area contributed by atoms with E-state index in [4.69, 9.17) is 9.15 Å². The van der Waals surface area contributed by atoms with E-state index in [1.54, 1.807) is 20.2 Å². The number of carbonyl (C=O) groups excluding carboxylic acids is 2. The fourth-order valence-corrected chi connectivity index (χ4v) is 3.79. The third-order valence-electron chi connectivity index (χ3n) is 5.15. The predicted molar refractivity (Wildman–Crippen MR) is 101 cm³/mol. The molecule has 0 atom stereocenters. The molecule has 1 aliphatic rings. The molecule has 6 heteroatoms. The third-order valence-corrected chi connectivity index (χ3v) is 5.15. The second kappa shape index (κ2) is 6.83. The Bertz CT molecular complexity index is 925. The van der Waals surface area contributed by atoms with Gasteiger partial charge in [-0.05, 0) is 26.2 Å². The molecule has 0 spiro atoms. The summed E-state index contributed by atoms with van der Waals surface area (Å²) in [5, 5.41) is 2.85. The molecule has 1 amide bonds. The Labute approximate surface area is 159 Å². The van der Waals surface area contributed by atoms with Gasteiger partial charge in [0.25, 0.3) is 5.91 Å².